The number of hydrogen-bond donors (Lipinski definition) is 1. The Kier molecular flexibility index (Phi) is 7.55. The first-order valence-electron chi connectivity index (χ1n) is 15.9. The number of nitrogens with two attached hydrogens (primary N) is 1. The third-order valence-electron chi connectivity index (χ3n) is 10.3. The van der Waals surface area contributed by atoms with E-state index < -0.39 is 66.1 Å². The van der Waals surface area contributed by atoms with E-state index in [1.807, 2.05) is 6.07 Å². The van der Waals surface area contributed by atoms with Crippen molar-refractivity contribution in [1.82, 2.24) is 14.9 Å². The molecule has 49 heavy (non-hydrogen) atoms. The lowest BCUT2D eigenvalue weighted by molar-refractivity contribution is -0.00141. The molecule has 5 heterocycles. The minimum Gasteiger partial charge on any atom is -0.486 e. The van der Waals surface area contributed by atoms with Gasteiger partial charge < -0.3 is 20.1 Å². The van der Waals surface area contributed by atoms with Crippen molar-refractivity contribution < 1.29 is 35.8 Å². The molecule has 4 aromatic rings. The van der Waals surface area contributed by atoms with E-state index in [0.717, 1.165) is 54.7 Å². The number of aromatic nitrogens is 2. The summed E-state index contributed by atoms with van der Waals surface area (Å²) in [5.74, 6) is -5.17. The average Bonchev–Trinajstić information content (AvgIpc) is 3.74. The van der Waals surface area contributed by atoms with Crippen LogP contribution >= 0.6 is 22.9 Å². The van der Waals surface area contributed by atoms with Gasteiger partial charge in [0.2, 0.25) is 0 Å². The van der Waals surface area contributed by atoms with Gasteiger partial charge in [-0.3, -0.25) is 4.90 Å². The number of halogens is 7. The van der Waals surface area contributed by atoms with E-state index in [0.29, 0.717) is 5.92 Å². The van der Waals surface area contributed by atoms with Crippen LogP contribution in [0.2, 0.25) is 5.02 Å². The standard InChI is InChI=1S/C33H29ClF6N6O2S/c1-14-7-32(5-2-6-45(32)11-14)13-47-31-43-26-23-27(48-19-9-33(39,40)8-18(19)46(12-20(36)37)30(23)44-31)24(34)22(25(26)38)15-3-4-17(35)28-21(15)16(10-41)29(42)49-28/h3-4,14,18-20H,2,5-9,11-13,42H2,1H3/t14-,18?,19?,32+/m1/s1. The molecule has 0 spiro atoms. The van der Waals surface area contributed by atoms with Gasteiger partial charge in [-0.15, -0.1) is 11.3 Å². The fourth-order valence-corrected chi connectivity index (χ4v) is 9.72. The Morgan fingerprint density at radius 2 is 2.00 bits per heavy atom. The molecule has 4 atom stereocenters. The predicted molar refractivity (Wildman–Crippen MR) is 173 cm³/mol. The van der Waals surface area contributed by atoms with Crippen LogP contribution in [-0.4, -0.2) is 71.1 Å². The molecule has 2 aromatic heterocycles. The first-order valence-corrected chi connectivity index (χ1v) is 17.1. The maximum atomic E-state index is 17.1. The molecule has 8 rings (SSSR count). The van der Waals surface area contributed by atoms with Crippen LogP contribution in [0.15, 0.2) is 12.1 Å². The Morgan fingerprint density at radius 3 is 2.76 bits per heavy atom. The van der Waals surface area contributed by atoms with Gasteiger partial charge in [0.25, 0.3) is 12.3 Å². The van der Waals surface area contributed by atoms with Crippen molar-refractivity contribution in [3.63, 3.8) is 0 Å². The van der Waals surface area contributed by atoms with Crippen molar-refractivity contribution in [3.8, 4) is 29.0 Å². The summed E-state index contributed by atoms with van der Waals surface area (Å²) < 4.78 is 103. The van der Waals surface area contributed by atoms with Crippen LogP contribution in [-0.2, 0) is 0 Å². The van der Waals surface area contributed by atoms with E-state index in [1.165, 1.54) is 6.07 Å². The summed E-state index contributed by atoms with van der Waals surface area (Å²) >= 11 is 7.71. The summed E-state index contributed by atoms with van der Waals surface area (Å²) in [5.41, 5.74) is 4.84. The number of nitriles is 1. The zero-order valence-electron chi connectivity index (χ0n) is 26.0. The molecular weight excluding hydrogens is 694 g/mol. The highest BCUT2D eigenvalue weighted by Crippen LogP contribution is 2.54. The first-order chi connectivity index (χ1) is 23.3. The predicted octanol–water partition coefficient (Wildman–Crippen LogP) is 7.78. The van der Waals surface area contributed by atoms with Gasteiger partial charge in [0, 0.05) is 23.9 Å². The largest absolute Gasteiger partial charge is 0.486 e. The van der Waals surface area contributed by atoms with Gasteiger partial charge in [-0.25, -0.2) is 26.3 Å². The van der Waals surface area contributed by atoms with E-state index >= 15 is 4.39 Å². The molecule has 258 valence electrons. The molecule has 16 heteroatoms. The number of benzene rings is 2. The maximum absolute atomic E-state index is 17.1. The Bertz CT molecular complexity index is 2080. The van der Waals surface area contributed by atoms with Crippen LogP contribution in [0.25, 0.3) is 32.1 Å². The van der Waals surface area contributed by atoms with E-state index in [4.69, 9.17) is 26.8 Å². The number of fused-ring (bicyclic) bond motifs is 3. The van der Waals surface area contributed by atoms with Gasteiger partial charge in [-0.05, 0) is 43.4 Å². The average molecular weight is 723 g/mol. The summed E-state index contributed by atoms with van der Waals surface area (Å²) in [7, 11) is 0. The Morgan fingerprint density at radius 1 is 1.20 bits per heavy atom. The van der Waals surface area contributed by atoms with E-state index in [2.05, 4.69) is 21.8 Å². The molecule has 4 aliphatic rings. The zero-order valence-corrected chi connectivity index (χ0v) is 27.6. The van der Waals surface area contributed by atoms with E-state index in [1.54, 1.807) is 0 Å². The van der Waals surface area contributed by atoms with Gasteiger partial charge in [0.05, 0.1) is 45.2 Å². The fourth-order valence-electron chi connectivity index (χ4n) is 8.45. The molecule has 2 unspecified atom stereocenters. The SMILES string of the molecule is C[C@H]1CN2CCC[C@@]2(COc2nc3c4c(c(Cl)c(-c5ccc(F)c6sc(N)c(C#N)c56)c(F)c4n2)OC2CC(F)(F)CC2N3CC(F)F)C1. The van der Waals surface area contributed by atoms with Crippen molar-refractivity contribution in [2.75, 3.05) is 36.9 Å². The monoisotopic (exact) mass is 722 g/mol. The molecule has 0 radical (unpaired) electrons. The summed E-state index contributed by atoms with van der Waals surface area (Å²) in [6, 6.07) is 2.64. The molecule has 1 saturated carbocycles. The van der Waals surface area contributed by atoms with E-state index in [-0.39, 0.29) is 66.9 Å². The number of anilines is 2. The Balaban J connectivity index is 1.38. The lowest BCUT2D eigenvalue weighted by Crippen LogP contribution is -2.45. The van der Waals surface area contributed by atoms with Crippen molar-refractivity contribution in [2.45, 2.75) is 69.1 Å². The van der Waals surface area contributed by atoms with Crippen LogP contribution in [0.3, 0.4) is 0 Å². The first kappa shape index (κ1) is 32.5. The van der Waals surface area contributed by atoms with E-state index in [9.17, 15) is 27.2 Å². The van der Waals surface area contributed by atoms with Gasteiger partial charge >= 0.3 is 6.01 Å². The number of nitrogen functional groups attached to an aromatic ring is 1. The smallest absolute Gasteiger partial charge is 0.319 e. The molecule has 0 amide bonds. The quantitative estimate of drug-likeness (QED) is 0.202. The van der Waals surface area contributed by atoms with Crippen molar-refractivity contribution >= 4 is 54.7 Å². The molecule has 2 aromatic carbocycles. The second kappa shape index (κ2) is 11.4. The molecule has 2 saturated heterocycles. The molecule has 2 N–H and O–H groups in total. The van der Waals surface area contributed by atoms with Crippen molar-refractivity contribution in [3.05, 3.63) is 34.4 Å². The minimum atomic E-state index is -3.27. The lowest BCUT2D eigenvalue weighted by Gasteiger charge is -2.32. The molecule has 3 fully saturated rings. The molecule has 8 nitrogen and oxygen atoms in total. The minimum absolute atomic E-state index is 0.00268. The highest BCUT2D eigenvalue weighted by Gasteiger charge is 2.53. The highest BCUT2D eigenvalue weighted by atomic mass is 35.5. The number of nitrogens with zero attached hydrogens (tertiary/aromatic N) is 5. The summed E-state index contributed by atoms with van der Waals surface area (Å²) in [6.45, 7) is 3.06. The molecule has 1 aliphatic carbocycles. The Labute approximate surface area is 285 Å². The number of rotatable bonds is 6. The molecule has 0 bridgehead atoms. The number of hydrogen-bond acceptors (Lipinski definition) is 9. The van der Waals surface area contributed by atoms with Crippen LogP contribution < -0.4 is 20.1 Å². The second-order valence-electron chi connectivity index (χ2n) is 13.5. The van der Waals surface area contributed by atoms with Crippen molar-refractivity contribution in [2.24, 2.45) is 5.92 Å². The maximum Gasteiger partial charge on any atom is 0.319 e. The van der Waals surface area contributed by atoms with Crippen LogP contribution in [0, 0.1) is 28.9 Å². The van der Waals surface area contributed by atoms with Crippen LogP contribution in [0.4, 0.5) is 37.2 Å². The second-order valence-corrected chi connectivity index (χ2v) is 15.0. The molecule has 3 aliphatic heterocycles. The van der Waals surface area contributed by atoms with Gasteiger partial charge in [-0.2, -0.15) is 15.2 Å². The fraction of sp³-hybridized carbons (Fsp3) is 0.485. The van der Waals surface area contributed by atoms with Crippen LogP contribution in [0.5, 0.6) is 11.8 Å². The number of thiophene rings is 1. The number of alkyl halides is 4. The summed E-state index contributed by atoms with van der Waals surface area (Å²) in [5, 5.41) is 9.31. The highest BCUT2D eigenvalue weighted by molar-refractivity contribution is 7.23. The molecular formula is C33H29ClF6N6O2S. The van der Waals surface area contributed by atoms with Crippen LogP contribution in [0.1, 0.15) is 44.6 Å². The third kappa shape index (κ3) is 5.04. The number of ether oxygens (including phenoxy) is 2. The zero-order chi connectivity index (χ0) is 34.6. The van der Waals surface area contributed by atoms with Crippen molar-refractivity contribution in [1.29, 1.82) is 5.26 Å². The third-order valence-corrected chi connectivity index (χ3v) is 11.7. The van der Waals surface area contributed by atoms with Gasteiger partial charge in [0.1, 0.15) is 40.9 Å². The topological polar surface area (TPSA) is 101 Å². The Hall–Kier alpha value is -3.74. The van der Waals surface area contributed by atoms with Gasteiger partial charge in [0.15, 0.2) is 11.6 Å². The summed E-state index contributed by atoms with van der Waals surface area (Å²) in [4.78, 5) is 12.3. The van der Waals surface area contributed by atoms with Gasteiger partial charge in [-0.1, -0.05) is 24.6 Å². The summed E-state index contributed by atoms with van der Waals surface area (Å²) in [6.07, 6.45) is -3.28. The lowest BCUT2D eigenvalue weighted by atomic mass is 9.92. The normalized spacial score (nSPS) is 25.9.